The molecule has 21 heavy (non-hydrogen) atoms. The van der Waals surface area contributed by atoms with Crippen LogP contribution >= 0.6 is 0 Å². The largest absolute Gasteiger partial charge is 0.388 e. The normalized spacial score (nSPS) is 14.0. The molecule has 0 saturated heterocycles. The molecule has 1 nitrogen and oxygen atoms in total. The minimum absolute atomic E-state index is 0.0683. The van der Waals surface area contributed by atoms with Crippen molar-refractivity contribution in [3.05, 3.63) is 70.8 Å². The Morgan fingerprint density at radius 1 is 0.952 bits per heavy atom. The Labute approximate surface area is 124 Å². The van der Waals surface area contributed by atoms with Crippen LogP contribution in [-0.4, -0.2) is 5.11 Å². The third-order valence-corrected chi connectivity index (χ3v) is 3.96. The molecule has 2 unspecified atom stereocenters. The predicted molar refractivity (Wildman–Crippen MR) is 80.2 cm³/mol. The molecular formula is C18H20F2O. The second kappa shape index (κ2) is 6.81. The van der Waals surface area contributed by atoms with E-state index in [-0.39, 0.29) is 12.0 Å². The zero-order chi connectivity index (χ0) is 15.4. The zero-order valence-corrected chi connectivity index (χ0v) is 12.3. The highest BCUT2D eigenvalue weighted by Gasteiger charge is 2.15. The summed E-state index contributed by atoms with van der Waals surface area (Å²) >= 11 is 0. The Morgan fingerprint density at radius 2 is 1.48 bits per heavy atom. The number of benzene rings is 2. The Balaban J connectivity index is 2.15. The van der Waals surface area contributed by atoms with Crippen molar-refractivity contribution in [2.75, 3.05) is 0 Å². The molecular weight excluding hydrogens is 270 g/mol. The van der Waals surface area contributed by atoms with Gasteiger partial charge in [0.25, 0.3) is 0 Å². The Bertz CT molecular complexity index is 572. The fourth-order valence-corrected chi connectivity index (χ4v) is 2.32. The maximum Gasteiger partial charge on any atom is 0.129 e. The molecule has 112 valence electrons. The number of rotatable bonds is 5. The summed E-state index contributed by atoms with van der Waals surface area (Å²) < 4.78 is 27.2. The predicted octanol–water partition coefficient (Wildman–Crippen LogP) is 4.75. The monoisotopic (exact) mass is 290 g/mol. The van der Waals surface area contributed by atoms with Crippen molar-refractivity contribution < 1.29 is 13.9 Å². The number of aliphatic hydroxyl groups excluding tert-OH is 1. The standard InChI is InChI=1S/C18H20F2O/c1-3-12(2)13-7-9-14(10-8-13)18(21)11-15-16(19)5-4-6-17(15)20/h4-10,12,18,21H,3,11H2,1-2H3. The third-order valence-electron chi connectivity index (χ3n) is 3.96. The molecule has 0 aromatic heterocycles. The maximum absolute atomic E-state index is 13.6. The van der Waals surface area contributed by atoms with E-state index in [0.717, 1.165) is 6.42 Å². The average Bonchev–Trinajstić information content (AvgIpc) is 2.50. The average molecular weight is 290 g/mol. The molecule has 0 aliphatic rings. The van der Waals surface area contributed by atoms with Crippen molar-refractivity contribution in [2.45, 2.75) is 38.7 Å². The first kappa shape index (κ1) is 15.6. The van der Waals surface area contributed by atoms with Crippen molar-refractivity contribution in [3.63, 3.8) is 0 Å². The molecule has 0 saturated carbocycles. The summed E-state index contributed by atoms with van der Waals surface area (Å²) in [5.41, 5.74) is 1.80. The van der Waals surface area contributed by atoms with Crippen LogP contribution in [-0.2, 0) is 6.42 Å². The molecule has 0 amide bonds. The minimum Gasteiger partial charge on any atom is -0.388 e. The van der Waals surface area contributed by atoms with Gasteiger partial charge in [0.15, 0.2) is 0 Å². The Morgan fingerprint density at radius 3 is 2.00 bits per heavy atom. The lowest BCUT2D eigenvalue weighted by Gasteiger charge is -2.14. The lowest BCUT2D eigenvalue weighted by molar-refractivity contribution is 0.175. The summed E-state index contributed by atoms with van der Waals surface area (Å²) in [6.07, 6.45) is 0.0613. The van der Waals surface area contributed by atoms with Crippen LogP contribution in [0.15, 0.2) is 42.5 Å². The summed E-state index contributed by atoms with van der Waals surface area (Å²) in [5.74, 6) is -0.782. The van der Waals surface area contributed by atoms with E-state index in [4.69, 9.17) is 0 Å². The highest BCUT2D eigenvalue weighted by Crippen LogP contribution is 2.25. The van der Waals surface area contributed by atoms with Crippen molar-refractivity contribution in [1.82, 2.24) is 0 Å². The lowest BCUT2D eigenvalue weighted by atomic mass is 9.95. The second-order valence-corrected chi connectivity index (χ2v) is 5.40. The van der Waals surface area contributed by atoms with Crippen molar-refractivity contribution in [1.29, 1.82) is 0 Å². The first-order valence-electron chi connectivity index (χ1n) is 7.23. The van der Waals surface area contributed by atoms with E-state index in [0.29, 0.717) is 11.5 Å². The first-order valence-corrected chi connectivity index (χ1v) is 7.23. The van der Waals surface area contributed by atoms with E-state index in [1.165, 1.54) is 23.8 Å². The van der Waals surface area contributed by atoms with Gasteiger partial charge in [-0.2, -0.15) is 0 Å². The van der Waals surface area contributed by atoms with Gasteiger partial charge in [0.05, 0.1) is 6.10 Å². The number of halogens is 2. The van der Waals surface area contributed by atoms with Crippen molar-refractivity contribution in [2.24, 2.45) is 0 Å². The van der Waals surface area contributed by atoms with Crippen LogP contribution in [0.4, 0.5) is 8.78 Å². The summed E-state index contributed by atoms with van der Waals surface area (Å²) in [4.78, 5) is 0. The highest BCUT2D eigenvalue weighted by molar-refractivity contribution is 5.28. The third kappa shape index (κ3) is 3.67. The van der Waals surface area contributed by atoms with Crippen LogP contribution in [0.5, 0.6) is 0 Å². The van der Waals surface area contributed by atoms with Crippen LogP contribution in [0.25, 0.3) is 0 Å². The van der Waals surface area contributed by atoms with Gasteiger partial charge in [-0.25, -0.2) is 8.78 Å². The molecule has 0 radical (unpaired) electrons. The van der Waals surface area contributed by atoms with E-state index in [1.54, 1.807) is 0 Å². The first-order chi connectivity index (χ1) is 10.0. The van der Waals surface area contributed by atoms with Crippen LogP contribution in [0, 0.1) is 11.6 Å². The van der Waals surface area contributed by atoms with Gasteiger partial charge in [0, 0.05) is 12.0 Å². The van der Waals surface area contributed by atoms with Crippen molar-refractivity contribution in [3.8, 4) is 0 Å². The molecule has 2 atom stereocenters. The maximum atomic E-state index is 13.6. The fourth-order valence-electron chi connectivity index (χ4n) is 2.32. The van der Waals surface area contributed by atoms with Crippen molar-refractivity contribution >= 4 is 0 Å². The van der Waals surface area contributed by atoms with Crippen LogP contribution < -0.4 is 0 Å². The van der Waals surface area contributed by atoms with E-state index < -0.39 is 17.7 Å². The zero-order valence-electron chi connectivity index (χ0n) is 12.3. The molecule has 2 aromatic carbocycles. The topological polar surface area (TPSA) is 20.2 Å². The SMILES string of the molecule is CCC(C)c1ccc(C(O)Cc2c(F)cccc2F)cc1. The molecule has 0 spiro atoms. The number of hydrogen-bond acceptors (Lipinski definition) is 1. The molecule has 3 heteroatoms. The van der Waals surface area contributed by atoms with Gasteiger partial charge in [0.2, 0.25) is 0 Å². The van der Waals surface area contributed by atoms with Gasteiger partial charge >= 0.3 is 0 Å². The van der Waals surface area contributed by atoms with Crippen LogP contribution in [0.3, 0.4) is 0 Å². The summed E-state index contributed by atoms with van der Waals surface area (Å²) in [5, 5.41) is 10.2. The smallest absolute Gasteiger partial charge is 0.129 e. The van der Waals surface area contributed by atoms with Gasteiger partial charge in [0.1, 0.15) is 11.6 Å². The Kier molecular flexibility index (Phi) is 5.07. The molecule has 0 heterocycles. The van der Waals surface area contributed by atoms with Gasteiger partial charge < -0.3 is 5.11 Å². The van der Waals surface area contributed by atoms with Gasteiger partial charge in [-0.05, 0) is 35.6 Å². The summed E-state index contributed by atoms with van der Waals surface area (Å²) in [6.45, 7) is 4.26. The van der Waals surface area contributed by atoms with Crippen LogP contribution in [0.1, 0.15) is 49.0 Å². The van der Waals surface area contributed by atoms with E-state index in [2.05, 4.69) is 13.8 Å². The van der Waals surface area contributed by atoms with E-state index >= 15 is 0 Å². The molecule has 2 rings (SSSR count). The molecule has 1 N–H and O–H groups in total. The molecule has 0 fully saturated rings. The second-order valence-electron chi connectivity index (χ2n) is 5.40. The van der Waals surface area contributed by atoms with E-state index in [9.17, 15) is 13.9 Å². The van der Waals surface area contributed by atoms with Gasteiger partial charge in [-0.3, -0.25) is 0 Å². The van der Waals surface area contributed by atoms with Gasteiger partial charge in [-0.1, -0.05) is 44.2 Å². The number of aliphatic hydroxyl groups is 1. The quantitative estimate of drug-likeness (QED) is 0.842. The molecule has 0 aliphatic heterocycles. The van der Waals surface area contributed by atoms with Crippen LogP contribution in [0.2, 0.25) is 0 Å². The highest BCUT2D eigenvalue weighted by atomic mass is 19.1. The molecule has 0 aliphatic carbocycles. The van der Waals surface area contributed by atoms with E-state index in [1.807, 2.05) is 24.3 Å². The summed E-state index contributed by atoms with van der Waals surface area (Å²) in [7, 11) is 0. The van der Waals surface area contributed by atoms with Gasteiger partial charge in [-0.15, -0.1) is 0 Å². The molecule has 0 bridgehead atoms. The molecule has 2 aromatic rings. The summed E-state index contributed by atoms with van der Waals surface area (Å²) in [6, 6.07) is 11.3. The lowest BCUT2D eigenvalue weighted by Crippen LogP contribution is -2.06. The fraction of sp³-hybridized carbons (Fsp3) is 0.333. The Hall–Kier alpha value is -1.74. The number of hydrogen-bond donors (Lipinski definition) is 1. The minimum atomic E-state index is -0.914.